The lowest BCUT2D eigenvalue weighted by Gasteiger charge is -2.36. The maximum absolute atomic E-state index is 13.9. The summed E-state index contributed by atoms with van der Waals surface area (Å²) in [5.74, 6) is -1.27. The fourth-order valence-corrected chi connectivity index (χ4v) is 6.15. The molecule has 0 saturated heterocycles. The van der Waals surface area contributed by atoms with Gasteiger partial charge in [-0.05, 0) is 37.5 Å². The molecule has 34 heavy (non-hydrogen) atoms. The molecule has 174 valence electrons. The molecule has 7 heteroatoms. The summed E-state index contributed by atoms with van der Waals surface area (Å²) >= 11 is 7.41. The Balaban J connectivity index is 1.58. The zero-order valence-electron chi connectivity index (χ0n) is 18.8. The summed E-state index contributed by atoms with van der Waals surface area (Å²) < 4.78 is 0. The number of nitrogens with zero attached hydrogens (tertiary/aromatic N) is 2. The van der Waals surface area contributed by atoms with Gasteiger partial charge in [0.25, 0.3) is 5.91 Å². The smallest absolute Gasteiger partial charge is 0.290 e. The van der Waals surface area contributed by atoms with Gasteiger partial charge in [-0.3, -0.25) is 9.59 Å². The van der Waals surface area contributed by atoms with Gasteiger partial charge >= 0.3 is 0 Å². The van der Waals surface area contributed by atoms with Gasteiger partial charge in [-0.25, -0.2) is 4.98 Å². The van der Waals surface area contributed by atoms with E-state index in [1.54, 1.807) is 24.0 Å². The molecule has 1 N–H and O–H groups in total. The van der Waals surface area contributed by atoms with Gasteiger partial charge < -0.3 is 10.0 Å². The highest BCUT2D eigenvalue weighted by molar-refractivity contribution is 7.17. The first-order valence-electron chi connectivity index (χ1n) is 11.5. The minimum atomic E-state index is -0.651. The van der Waals surface area contributed by atoms with Crippen LogP contribution in [0.15, 0.2) is 65.9 Å². The van der Waals surface area contributed by atoms with Crippen LogP contribution in [0.4, 0.5) is 0 Å². The number of aryl methyl sites for hydroxylation is 1. The first-order chi connectivity index (χ1) is 16.5. The van der Waals surface area contributed by atoms with Gasteiger partial charge in [-0.1, -0.05) is 73.3 Å². The van der Waals surface area contributed by atoms with Crippen LogP contribution in [0.5, 0.6) is 0 Å². The van der Waals surface area contributed by atoms with Crippen LogP contribution in [-0.4, -0.2) is 32.7 Å². The third-order valence-corrected chi connectivity index (χ3v) is 8.12. The molecule has 1 aliphatic carbocycles. The third kappa shape index (κ3) is 4.05. The van der Waals surface area contributed by atoms with Crippen LogP contribution in [-0.2, 0) is 4.79 Å². The van der Waals surface area contributed by atoms with E-state index in [0.29, 0.717) is 15.6 Å². The highest BCUT2D eigenvalue weighted by atomic mass is 35.5. The summed E-state index contributed by atoms with van der Waals surface area (Å²) in [7, 11) is 0. The second-order valence-electron chi connectivity index (χ2n) is 8.85. The van der Waals surface area contributed by atoms with Gasteiger partial charge in [-0.2, -0.15) is 0 Å². The summed E-state index contributed by atoms with van der Waals surface area (Å²) in [6, 6.07) is 16.2. The average Bonchev–Trinajstić information content (AvgIpc) is 3.38. The molecular weight excluding hydrogens is 468 g/mol. The largest absolute Gasteiger partial charge is 0.503 e. The number of hydrogen-bond donors (Lipinski definition) is 1. The van der Waals surface area contributed by atoms with Crippen molar-refractivity contribution in [3.05, 3.63) is 87.1 Å². The molecule has 0 radical (unpaired) electrons. The van der Waals surface area contributed by atoms with Crippen molar-refractivity contribution in [2.45, 2.75) is 51.1 Å². The molecule has 1 aromatic heterocycles. The summed E-state index contributed by atoms with van der Waals surface area (Å²) in [5, 5.41) is 12.3. The first kappa shape index (κ1) is 22.8. The average molecular weight is 493 g/mol. The molecule has 0 spiro atoms. The molecule has 2 aliphatic rings. The zero-order valence-corrected chi connectivity index (χ0v) is 20.4. The van der Waals surface area contributed by atoms with Crippen molar-refractivity contribution in [3.8, 4) is 10.6 Å². The van der Waals surface area contributed by atoms with Crippen LogP contribution in [0.1, 0.15) is 59.1 Å². The standard InChI is InChI=1S/C27H25ClN2O3S/c1-16-25(34-26(29-16)18-8-4-2-5-9-18)23(31)21-22(17-12-14-19(28)15-13-17)30(27(33)24(21)32)20-10-6-3-7-11-20/h2,4-5,8-9,12-15,20,22,32H,3,6-7,10-11H2,1H3. The Hall–Kier alpha value is -2.96. The van der Waals surface area contributed by atoms with E-state index in [2.05, 4.69) is 4.98 Å². The van der Waals surface area contributed by atoms with E-state index in [1.807, 2.05) is 42.5 Å². The number of thiazole rings is 1. The Labute approximate surface area is 207 Å². The molecule has 1 amide bonds. The fourth-order valence-electron chi connectivity index (χ4n) is 5.00. The number of benzene rings is 2. The SMILES string of the molecule is Cc1nc(-c2ccccc2)sc1C(=O)C1=C(O)C(=O)N(C2CCCCC2)C1c1ccc(Cl)cc1. The maximum atomic E-state index is 13.9. The number of carbonyl (C=O) groups excluding carboxylic acids is 2. The number of halogens is 1. The van der Waals surface area contributed by atoms with Crippen molar-refractivity contribution in [1.29, 1.82) is 0 Å². The molecule has 1 atom stereocenters. The third-order valence-electron chi connectivity index (χ3n) is 6.67. The second-order valence-corrected chi connectivity index (χ2v) is 10.3. The molecule has 1 unspecified atom stereocenters. The van der Waals surface area contributed by atoms with Crippen molar-refractivity contribution in [2.24, 2.45) is 0 Å². The van der Waals surface area contributed by atoms with Crippen LogP contribution < -0.4 is 0 Å². The fraction of sp³-hybridized carbons (Fsp3) is 0.296. The molecule has 1 aliphatic heterocycles. The van der Waals surface area contributed by atoms with Crippen molar-refractivity contribution in [2.75, 3.05) is 0 Å². The predicted molar refractivity (Wildman–Crippen MR) is 134 cm³/mol. The van der Waals surface area contributed by atoms with Gasteiger partial charge in [0.1, 0.15) is 5.01 Å². The van der Waals surface area contributed by atoms with E-state index in [-0.39, 0.29) is 17.4 Å². The van der Waals surface area contributed by atoms with Gasteiger partial charge in [0.05, 0.1) is 22.2 Å². The predicted octanol–water partition coefficient (Wildman–Crippen LogP) is 6.68. The Kier molecular flexibility index (Phi) is 6.28. The summed E-state index contributed by atoms with van der Waals surface area (Å²) in [6.07, 6.45) is 4.92. The van der Waals surface area contributed by atoms with Crippen molar-refractivity contribution in [1.82, 2.24) is 9.88 Å². The zero-order chi connectivity index (χ0) is 23.8. The normalized spacial score (nSPS) is 19.2. The highest BCUT2D eigenvalue weighted by Gasteiger charge is 2.47. The molecule has 2 aromatic carbocycles. The number of amides is 1. The molecule has 2 heterocycles. The number of aliphatic hydroxyl groups is 1. The second kappa shape index (κ2) is 9.35. The first-order valence-corrected chi connectivity index (χ1v) is 12.7. The van der Waals surface area contributed by atoms with E-state index in [4.69, 9.17) is 11.6 Å². The molecule has 3 aromatic rings. The number of hydrogen-bond acceptors (Lipinski definition) is 5. The van der Waals surface area contributed by atoms with Gasteiger partial charge in [0.15, 0.2) is 5.76 Å². The van der Waals surface area contributed by atoms with Gasteiger partial charge in [-0.15, -0.1) is 11.3 Å². The highest BCUT2D eigenvalue weighted by Crippen LogP contribution is 2.44. The Morgan fingerprint density at radius 1 is 1.06 bits per heavy atom. The maximum Gasteiger partial charge on any atom is 0.290 e. The van der Waals surface area contributed by atoms with Crippen molar-refractivity contribution < 1.29 is 14.7 Å². The van der Waals surface area contributed by atoms with Gasteiger partial charge in [0, 0.05) is 16.6 Å². The Bertz CT molecular complexity index is 1260. The number of carbonyl (C=O) groups is 2. The number of aromatic nitrogens is 1. The van der Waals surface area contributed by atoms with Crippen LogP contribution in [0, 0.1) is 6.92 Å². The van der Waals surface area contributed by atoms with Crippen LogP contribution in [0.3, 0.4) is 0 Å². The minimum Gasteiger partial charge on any atom is -0.503 e. The molecular formula is C27H25ClN2O3S. The molecule has 5 rings (SSSR count). The number of rotatable bonds is 5. The lowest BCUT2D eigenvalue weighted by atomic mass is 9.90. The van der Waals surface area contributed by atoms with Crippen molar-refractivity contribution >= 4 is 34.6 Å². The van der Waals surface area contributed by atoms with Crippen LogP contribution in [0.25, 0.3) is 10.6 Å². The summed E-state index contributed by atoms with van der Waals surface area (Å²) in [5.41, 5.74) is 2.41. The molecule has 1 saturated carbocycles. The van der Waals surface area contributed by atoms with Crippen LogP contribution in [0.2, 0.25) is 5.02 Å². The lowest BCUT2D eigenvalue weighted by molar-refractivity contribution is -0.132. The minimum absolute atomic E-state index is 0.0168. The molecule has 0 bridgehead atoms. The van der Waals surface area contributed by atoms with Crippen molar-refractivity contribution in [3.63, 3.8) is 0 Å². The van der Waals surface area contributed by atoms with E-state index >= 15 is 0 Å². The lowest BCUT2D eigenvalue weighted by Crippen LogP contribution is -2.41. The quantitative estimate of drug-likeness (QED) is 0.403. The Morgan fingerprint density at radius 3 is 2.41 bits per heavy atom. The van der Waals surface area contributed by atoms with E-state index in [1.165, 1.54) is 11.3 Å². The summed E-state index contributed by atoms with van der Waals surface area (Å²) in [6.45, 7) is 1.79. The number of aliphatic hydroxyl groups excluding tert-OH is 1. The monoisotopic (exact) mass is 492 g/mol. The van der Waals surface area contributed by atoms with Crippen LogP contribution >= 0.6 is 22.9 Å². The number of ketones is 1. The molecule has 1 fully saturated rings. The summed E-state index contributed by atoms with van der Waals surface area (Å²) in [4.78, 5) is 34.0. The molecule has 5 nitrogen and oxygen atoms in total. The topological polar surface area (TPSA) is 70.5 Å². The Morgan fingerprint density at radius 2 is 1.74 bits per heavy atom. The van der Waals surface area contributed by atoms with Gasteiger partial charge in [0.2, 0.25) is 5.78 Å². The van der Waals surface area contributed by atoms with E-state index < -0.39 is 17.7 Å². The van der Waals surface area contributed by atoms with E-state index in [0.717, 1.165) is 48.2 Å². The number of Topliss-reactive ketones (excluding diaryl/α,β-unsaturated/α-hetero) is 1. The van der Waals surface area contributed by atoms with E-state index in [9.17, 15) is 14.7 Å².